The van der Waals surface area contributed by atoms with Crippen LogP contribution < -0.4 is 0 Å². The number of carbonyl (C=O) groups is 1. The highest BCUT2D eigenvalue weighted by atomic mass is 35.6. The monoisotopic (exact) mass is 352 g/mol. The van der Waals surface area contributed by atoms with Gasteiger partial charge in [0, 0.05) is 0 Å². The highest BCUT2D eigenvalue weighted by Crippen LogP contribution is 2.04. The van der Waals surface area contributed by atoms with Crippen LogP contribution >= 0.6 is 34.8 Å². The molecule has 0 aromatic heterocycles. The van der Waals surface area contributed by atoms with Gasteiger partial charge in [-0.1, -0.05) is 108 Å². The van der Waals surface area contributed by atoms with Crippen LogP contribution in [-0.4, -0.2) is 10.1 Å². The average Bonchev–Trinajstić information content (AvgIpc) is 2.52. The molecule has 0 fully saturated rings. The standard InChI is InChI=1S/C17H14O.CHCl3/c18-17(13-11-15-7-3-1-4-8-15)14-12-16-9-5-2-6-10-16;2-1(3)4/h1-14H;1H. The predicted octanol–water partition coefficient (Wildman–Crippen LogP) is 5.97. The number of allylic oxidation sites excluding steroid dienone is 2. The lowest BCUT2D eigenvalue weighted by Crippen LogP contribution is -1.84. The van der Waals surface area contributed by atoms with Crippen molar-refractivity contribution in [1.82, 2.24) is 0 Å². The topological polar surface area (TPSA) is 17.1 Å². The van der Waals surface area contributed by atoms with Crippen molar-refractivity contribution in [2.75, 3.05) is 0 Å². The van der Waals surface area contributed by atoms with E-state index in [0.29, 0.717) is 0 Å². The van der Waals surface area contributed by atoms with Crippen molar-refractivity contribution in [3.05, 3.63) is 83.9 Å². The first kappa shape index (κ1) is 18.5. The molecule has 4 heteroatoms. The molecule has 0 aliphatic carbocycles. The van der Waals surface area contributed by atoms with Crippen molar-refractivity contribution in [2.45, 2.75) is 4.30 Å². The number of alkyl halides is 3. The van der Waals surface area contributed by atoms with Crippen molar-refractivity contribution >= 4 is 52.7 Å². The number of carbonyl (C=O) groups excluding carboxylic acids is 1. The SMILES string of the molecule is ClC(Cl)Cl.O=C(C=Cc1ccccc1)C=Cc1ccccc1. The minimum Gasteiger partial charge on any atom is -0.290 e. The molecule has 0 aliphatic heterocycles. The maximum absolute atomic E-state index is 11.6. The molecule has 0 spiro atoms. The summed E-state index contributed by atoms with van der Waals surface area (Å²) in [5.74, 6) is -0.0114. The van der Waals surface area contributed by atoms with E-state index in [4.69, 9.17) is 34.8 Å². The zero-order valence-corrected chi connectivity index (χ0v) is 14.0. The van der Waals surface area contributed by atoms with E-state index in [1.54, 1.807) is 12.2 Å². The zero-order valence-electron chi connectivity index (χ0n) is 11.7. The first-order valence-corrected chi connectivity index (χ1v) is 7.81. The fourth-order valence-electron chi connectivity index (χ4n) is 1.54. The Morgan fingerprint density at radius 1 is 0.727 bits per heavy atom. The molecule has 2 aromatic carbocycles. The maximum atomic E-state index is 11.6. The Balaban J connectivity index is 0.000000541. The van der Waals surface area contributed by atoms with Crippen molar-refractivity contribution in [1.29, 1.82) is 0 Å². The van der Waals surface area contributed by atoms with Gasteiger partial charge in [-0.15, -0.1) is 0 Å². The third-order valence-corrected chi connectivity index (χ3v) is 2.48. The molecule has 0 bridgehead atoms. The second-order valence-corrected chi connectivity index (χ2v) is 6.12. The lowest BCUT2D eigenvalue weighted by atomic mass is 10.1. The molecular formula is C18H15Cl3O. The van der Waals surface area contributed by atoms with Crippen LogP contribution in [0.15, 0.2) is 72.8 Å². The lowest BCUT2D eigenvalue weighted by molar-refractivity contribution is -0.110. The number of benzene rings is 2. The van der Waals surface area contributed by atoms with Gasteiger partial charge in [0.1, 0.15) is 0 Å². The molecule has 0 aliphatic rings. The summed E-state index contributed by atoms with van der Waals surface area (Å²) >= 11 is 14.4. The number of hydrogen-bond donors (Lipinski definition) is 0. The van der Waals surface area contributed by atoms with E-state index in [-0.39, 0.29) is 5.78 Å². The number of halogens is 3. The third-order valence-electron chi connectivity index (χ3n) is 2.48. The summed E-state index contributed by atoms with van der Waals surface area (Å²) in [7, 11) is 0. The second-order valence-electron chi connectivity index (χ2n) is 4.14. The van der Waals surface area contributed by atoms with Gasteiger partial charge in [-0.2, -0.15) is 0 Å². The zero-order chi connectivity index (χ0) is 16.2. The van der Waals surface area contributed by atoms with Crippen LogP contribution in [0, 0.1) is 0 Å². The van der Waals surface area contributed by atoms with Gasteiger partial charge >= 0.3 is 0 Å². The fourth-order valence-corrected chi connectivity index (χ4v) is 1.54. The van der Waals surface area contributed by atoms with Gasteiger partial charge < -0.3 is 0 Å². The van der Waals surface area contributed by atoms with E-state index < -0.39 is 4.30 Å². The molecule has 0 atom stereocenters. The van der Waals surface area contributed by atoms with Gasteiger partial charge in [0.25, 0.3) is 0 Å². The van der Waals surface area contributed by atoms with E-state index in [1.807, 2.05) is 72.8 Å². The van der Waals surface area contributed by atoms with Gasteiger partial charge in [0.15, 0.2) is 10.1 Å². The van der Waals surface area contributed by atoms with Crippen LogP contribution in [0.4, 0.5) is 0 Å². The predicted molar refractivity (Wildman–Crippen MR) is 97.3 cm³/mol. The normalized spacial score (nSPS) is 10.7. The van der Waals surface area contributed by atoms with E-state index >= 15 is 0 Å². The third kappa shape index (κ3) is 9.41. The first-order valence-electron chi connectivity index (χ1n) is 6.50. The largest absolute Gasteiger partial charge is 0.290 e. The van der Waals surface area contributed by atoms with E-state index in [0.717, 1.165) is 11.1 Å². The Morgan fingerprint density at radius 2 is 1.05 bits per heavy atom. The lowest BCUT2D eigenvalue weighted by Gasteiger charge is -1.91. The fraction of sp³-hybridized carbons (Fsp3) is 0.0556. The van der Waals surface area contributed by atoms with E-state index in [9.17, 15) is 4.79 Å². The molecule has 114 valence electrons. The highest BCUT2D eigenvalue weighted by Gasteiger charge is 1.90. The van der Waals surface area contributed by atoms with Gasteiger partial charge in [0.2, 0.25) is 0 Å². The summed E-state index contributed by atoms with van der Waals surface area (Å²) in [6.07, 6.45) is 6.79. The van der Waals surface area contributed by atoms with Crippen LogP contribution in [0.25, 0.3) is 12.2 Å². The van der Waals surface area contributed by atoms with Crippen molar-refractivity contribution < 1.29 is 4.79 Å². The Hall–Kier alpha value is -1.54. The summed E-state index contributed by atoms with van der Waals surface area (Å²) in [6, 6.07) is 19.6. The number of hydrogen-bond acceptors (Lipinski definition) is 1. The highest BCUT2D eigenvalue weighted by molar-refractivity contribution is 6.63. The van der Waals surface area contributed by atoms with Crippen molar-refractivity contribution in [3.63, 3.8) is 0 Å². The van der Waals surface area contributed by atoms with Crippen molar-refractivity contribution in [2.24, 2.45) is 0 Å². The van der Waals surface area contributed by atoms with Crippen LogP contribution in [0.5, 0.6) is 0 Å². The van der Waals surface area contributed by atoms with Gasteiger partial charge in [0.05, 0.1) is 0 Å². The van der Waals surface area contributed by atoms with Crippen LogP contribution in [-0.2, 0) is 4.79 Å². The molecule has 22 heavy (non-hydrogen) atoms. The van der Waals surface area contributed by atoms with Gasteiger partial charge in [-0.25, -0.2) is 0 Å². The molecule has 0 heterocycles. The molecule has 2 aromatic rings. The Bertz CT molecular complexity index is 550. The number of rotatable bonds is 4. The molecule has 0 saturated heterocycles. The Labute approximate surface area is 145 Å². The summed E-state index contributed by atoms with van der Waals surface area (Å²) < 4.78 is -0.750. The van der Waals surface area contributed by atoms with E-state index in [2.05, 4.69) is 0 Å². The summed E-state index contributed by atoms with van der Waals surface area (Å²) in [6.45, 7) is 0. The summed E-state index contributed by atoms with van der Waals surface area (Å²) in [4.78, 5) is 11.6. The Kier molecular flexibility index (Phi) is 9.33. The van der Waals surface area contributed by atoms with Crippen LogP contribution in [0.3, 0.4) is 0 Å². The molecule has 1 nitrogen and oxygen atoms in total. The first-order chi connectivity index (χ1) is 10.6. The molecule has 2 rings (SSSR count). The molecule has 0 amide bonds. The van der Waals surface area contributed by atoms with Gasteiger partial charge in [-0.3, -0.25) is 4.79 Å². The minimum absolute atomic E-state index is 0.0114. The van der Waals surface area contributed by atoms with Crippen LogP contribution in [0.1, 0.15) is 11.1 Å². The summed E-state index contributed by atoms with van der Waals surface area (Å²) in [5, 5.41) is 0. The molecule has 0 N–H and O–H groups in total. The van der Waals surface area contributed by atoms with Gasteiger partial charge in [-0.05, 0) is 23.3 Å². The molecular weight excluding hydrogens is 339 g/mol. The van der Waals surface area contributed by atoms with E-state index in [1.165, 1.54) is 0 Å². The average molecular weight is 354 g/mol. The number of ketones is 1. The molecule has 0 saturated carbocycles. The quantitative estimate of drug-likeness (QED) is 0.489. The Morgan fingerprint density at radius 3 is 1.36 bits per heavy atom. The maximum Gasteiger partial charge on any atom is 0.180 e. The molecule has 0 unspecified atom stereocenters. The second kappa shape index (κ2) is 11.1. The minimum atomic E-state index is -0.750. The molecule has 0 radical (unpaired) electrons. The van der Waals surface area contributed by atoms with Crippen LogP contribution in [0.2, 0.25) is 0 Å². The van der Waals surface area contributed by atoms with Crippen molar-refractivity contribution in [3.8, 4) is 0 Å². The smallest absolute Gasteiger partial charge is 0.180 e. The summed E-state index contributed by atoms with van der Waals surface area (Å²) in [5.41, 5.74) is 2.05.